The Balaban J connectivity index is 2.57. The van der Waals surface area contributed by atoms with Crippen LogP contribution in [-0.4, -0.2) is 19.7 Å². The molecule has 3 aromatic rings. The summed E-state index contributed by atoms with van der Waals surface area (Å²) in [5.74, 6) is 0. The Bertz CT molecular complexity index is 748. The van der Waals surface area contributed by atoms with E-state index < -0.39 is 0 Å². The Morgan fingerprint density at radius 2 is 1.75 bits per heavy atom. The van der Waals surface area contributed by atoms with Gasteiger partial charge in [0.2, 0.25) is 0 Å². The van der Waals surface area contributed by atoms with Crippen LogP contribution in [-0.2, 0) is 7.05 Å². The van der Waals surface area contributed by atoms with E-state index in [4.69, 9.17) is 0 Å². The lowest BCUT2D eigenvalue weighted by Crippen LogP contribution is -2.20. The van der Waals surface area contributed by atoms with Crippen molar-refractivity contribution in [2.24, 2.45) is 7.05 Å². The van der Waals surface area contributed by atoms with Crippen LogP contribution in [0.2, 0.25) is 0 Å². The first kappa shape index (κ1) is 8.96. The predicted octanol–water partition coefficient (Wildman–Crippen LogP) is 0.877. The van der Waals surface area contributed by atoms with Crippen LogP contribution < -0.4 is 5.56 Å². The molecule has 3 rings (SSSR count). The highest BCUT2D eigenvalue weighted by atomic mass is 16.1. The predicted molar refractivity (Wildman–Crippen MR) is 60.1 cm³/mol. The molecule has 0 atom stereocenters. The maximum Gasteiger partial charge on any atom is 0.294 e. The van der Waals surface area contributed by atoms with E-state index in [0.717, 1.165) is 11.0 Å². The van der Waals surface area contributed by atoms with Crippen molar-refractivity contribution in [2.75, 3.05) is 0 Å². The van der Waals surface area contributed by atoms with Gasteiger partial charge in [-0.05, 0) is 12.1 Å². The number of fused-ring (bicyclic) bond motifs is 2. The van der Waals surface area contributed by atoms with Crippen molar-refractivity contribution >= 4 is 22.1 Å². The van der Waals surface area contributed by atoms with Crippen molar-refractivity contribution in [3.8, 4) is 0 Å². The molecule has 16 heavy (non-hydrogen) atoms. The molecule has 78 valence electrons. The summed E-state index contributed by atoms with van der Waals surface area (Å²) in [6.45, 7) is 0. The van der Waals surface area contributed by atoms with Gasteiger partial charge in [-0.15, -0.1) is 0 Å². The fourth-order valence-electron chi connectivity index (χ4n) is 1.61. The Labute approximate surface area is 90.4 Å². The van der Waals surface area contributed by atoms with Gasteiger partial charge in [-0.2, -0.15) is 5.10 Å². The van der Waals surface area contributed by atoms with Crippen LogP contribution in [0.25, 0.3) is 22.1 Å². The Kier molecular flexibility index (Phi) is 1.73. The molecule has 0 amide bonds. The van der Waals surface area contributed by atoms with Gasteiger partial charge in [0.25, 0.3) is 5.56 Å². The van der Waals surface area contributed by atoms with Gasteiger partial charge in [0, 0.05) is 7.05 Å². The number of hydrogen-bond donors (Lipinski definition) is 0. The molecule has 0 saturated carbocycles. The number of rotatable bonds is 0. The zero-order valence-electron chi connectivity index (χ0n) is 8.58. The molecule has 5 nitrogen and oxygen atoms in total. The first-order valence-corrected chi connectivity index (χ1v) is 4.84. The summed E-state index contributed by atoms with van der Waals surface area (Å²) in [4.78, 5) is 20.4. The average molecular weight is 212 g/mol. The third-order valence-electron chi connectivity index (χ3n) is 2.45. The summed E-state index contributed by atoms with van der Waals surface area (Å²) >= 11 is 0. The fourth-order valence-corrected chi connectivity index (χ4v) is 1.61. The quantitative estimate of drug-likeness (QED) is 0.519. The lowest BCUT2D eigenvalue weighted by molar-refractivity contribution is 0.715. The normalized spacial score (nSPS) is 11.1. The Morgan fingerprint density at radius 1 is 1.06 bits per heavy atom. The van der Waals surface area contributed by atoms with Gasteiger partial charge >= 0.3 is 0 Å². The minimum atomic E-state index is -0.226. The Morgan fingerprint density at radius 3 is 2.50 bits per heavy atom. The fraction of sp³-hybridized carbons (Fsp3) is 0.0909. The van der Waals surface area contributed by atoms with Gasteiger partial charge in [0.1, 0.15) is 5.52 Å². The van der Waals surface area contributed by atoms with Gasteiger partial charge in [-0.25, -0.2) is 14.6 Å². The van der Waals surface area contributed by atoms with Gasteiger partial charge in [-0.1, -0.05) is 12.1 Å². The molecule has 2 aromatic heterocycles. The summed E-state index contributed by atoms with van der Waals surface area (Å²) in [6.07, 6.45) is 1.55. The van der Waals surface area contributed by atoms with Crippen molar-refractivity contribution in [3.63, 3.8) is 0 Å². The van der Waals surface area contributed by atoms with Crippen molar-refractivity contribution in [3.05, 3.63) is 40.8 Å². The van der Waals surface area contributed by atoms with Gasteiger partial charge in [0.15, 0.2) is 5.52 Å². The highest BCUT2D eigenvalue weighted by Crippen LogP contribution is 2.11. The molecule has 0 N–H and O–H groups in total. The summed E-state index contributed by atoms with van der Waals surface area (Å²) < 4.78 is 1.26. The minimum Gasteiger partial charge on any atom is -0.265 e. The van der Waals surface area contributed by atoms with Crippen molar-refractivity contribution in [1.29, 1.82) is 0 Å². The number of hydrogen-bond acceptors (Lipinski definition) is 4. The number of para-hydroxylation sites is 2. The molecule has 1 aromatic carbocycles. The third kappa shape index (κ3) is 1.18. The van der Waals surface area contributed by atoms with Gasteiger partial charge < -0.3 is 0 Å². The molecular formula is C11H8N4O. The lowest BCUT2D eigenvalue weighted by atomic mass is 10.3. The second-order valence-corrected chi connectivity index (χ2v) is 3.52. The molecule has 0 saturated heterocycles. The molecule has 0 aliphatic rings. The molecule has 0 radical (unpaired) electrons. The van der Waals surface area contributed by atoms with Crippen LogP contribution in [0.15, 0.2) is 35.3 Å². The van der Waals surface area contributed by atoms with E-state index in [9.17, 15) is 4.79 Å². The summed E-state index contributed by atoms with van der Waals surface area (Å²) in [5, 5.41) is 3.92. The molecule has 0 aliphatic carbocycles. The molecule has 0 unspecified atom stereocenters. The molecule has 2 heterocycles. The second kappa shape index (κ2) is 3.10. The van der Waals surface area contributed by atoms with E-state index in [-0.39, 0.29) is 5.56 Å². The van der Waals surface area contributed by atoms with E-state index >= 15 is 0 Å². The van der Waals surface area contributed by atoms with E-state index in [1.54, 1.807) is 13.2 Å². The van der Waals surface area contributed by atoms with Crippen molar-refractivity contribution in [2.45, 2.75) is 0 Å². The SMILES string of the molecule is Cn1ncc2nc3ccccc3nc2c1=O. The molecule has 0 bridgehead atoms. The number of aromatic nitrogens is 4. The van der Waals surface area contributed by atoms with Crippen LogP contribution in [0.4, 0.5) is 0 Å². The molecule has 0 spiro atoms. The average Bonchev–Trinajstić information content (AvgIpc) is 2.32. The topological polar surface area (TPSA) is 60.7 Å². The zero-order valence-corrected chi connectivity index (χ0v) is 8.58. The van der Waals surface area contributed by atoms with Crippen molar-refractivity contribution in [1.82, 2.24) is 19.7 Å². The standard InChI is InChI=1S/C11H8N4O/c1-15-11(16)10-9(6-12-15)13-7-4-2-3-5-8(7)14-10/h2-6H,1H3. The minimum absolute atomic E-state index is 0.226. The zero-order chi connectivity index (χ0) is 11.1. The molecular weight excluding hydrogens is 204 g/mol. The number of aryl methyl sites for hydroxylation is 1. The van der Waals surface area contributed by atoms with Crippen LogP contribution in [0.1, 0.15) is 0 Å². The maximum absolute atomic E-state index is 11.8. The van der Waals surface area contributed by atoms with E-state index in [0.29, 0.717) is 11.0 Å². The number of benzene rings is 1. The van der Waals surface area contributed by atoms with E-state index in [2.05, 4.69) is 15.1 Å². The summed E-state index contributed by atoms with van der Waals surface area (Å²) in [5.41, 5.74) is 2.15. The lowest BCUT2D eigenvalue weighted by Gasteiger charge is -2.00. The van der Waals surface area contributed by atoms with Crippen LogP contribution >= 0.6 is 0 Å². The smallest absolute Gasteiger partial charge is 0.265 e. The van der Waals surface area contributed by atoms with Gasteiger partial charge in [0.05, 0.1) is 17.2 Å². The molecule has 0 aliphatic heterocycles. The first-order chi connectivity index (χ1) is 7.75. The van der Waals surface area contributed by atoms with Crippen LogP contribution in [0, 0.1) is 0 Å². The second-order valence-electron chi connectivity index (χ2n) is 3.52. The third-order valence-corrected chi connectivity index (χ3v) is 2.45. The van der Waals surface area contributed by atoms with Crippen LogP contribution in [0.3, 0.4) is 0 Å². The highest BCUT2D eigenvalue weighted by molar-refractivity contribution is 5.84. The molecule has 5 heteroatoms. The van der Waals surface area contributed by atoms with E-state index in [1.807, 2.05) is 24.3 Å². The van der Waals surface area contributed by atoms with E-state index in [1.165, 1.54) is 4.68 Å². The monoisotopic (exact) mass is 212 g/mol. The van der Waals surface area contributed by atoms with Crippen molar-refractivity contribution < 1.29 is 0 Å². The maximum atomic E-state index is 11.8. The van der Waals surface area contributed by atoms with Crippen LogP contribution in [0.5, 0.6) is 0 Å². The highest BCUT2D eigenvalue weighted by Gasteiger charge is 2.05. The van der Waals surface area contributed by atoms with Gasteiger partial charge in [-0.3, -0.25) is 4.79 Å². The first-order valence-electron chi connectivity index (χ1n) is 4.84. The molecule has 0 fully saturated rings. The summed E-state index contributed by atoms with van der Waals surface area (Å²) in [7, 11) is 1.60. The number of nitrogens with zero attached hydrogens (tertiary/aromatic N) is 4. The summed E-state index contributed by atoms with van der Waals surface area (Å²) in [6, 6.07) is 7.45. The largest absolute Gasteiger partial charge is 0.294 e. The Hall–Kier alpha value is -2.30.